The Morgan fingerprint density at radius 1 is 1.29 bits per heavy atom. The van der Waals surface area contributed by atoms with E-state index in [0.717, 1.165) is 54.9 Å². The van der Waals surface area contributed by atoms with Gasteiger partial charge in [-0.05, 0) is 74.8 Å². The molecule has 0 radical (unpaired) electrons. The molecule has 2 saturated heterocycles. The Hall–Kier alpha value is -1.89. The summed E-state index contributed by atoms with van der Waals surface area (Å²) in [6.07, 6.45) is 11.7. The van der Waals surface area contributed by atoms with Crippen LogP contribution in [0.2, 0.25) is 0 Å². The van der Waals surface area contributed by atoms with Crippen molar-refractivity contribution in [2.24, 2.45) is 22.7 Å². The van der Waals surface area contributed by atoms with E-state index in [2.05, 4.69) is 17.2 Å². The van der Waals surface area contributed by atoms with Gasteiger partial charge in [-0.1, -0.05) is 24.2 Å². The molecule has 7 heteroatoms. The molecule has 6 nitrogen and oxygen atoms in total. The van der Waals surface area contributed by atoms with Crippen LogP contribution in [0.5, 0.6) is 0 Å². The lowest BCUT2D eigenvalue weighted by molar-refractivity contribution is -0.132. The topological polar surface area (TPSA) is 74.7 Å². The number of pyridine rings is 1. The average molecular weight is 441 g/mol. The van der Waals surface area contributed by atoms with Crippen LogP contribution < -0.4 is 5.32 Å². The standard InChI is InChI=1S/C24H32N4O2S/c1-24(22(30)27-23(31-24)26-20-14-17-4-6-18(20)13-17)19-8-11-28(12-9-19)21(29)7-5-16-3-2-10-25-15-16/h2-3,10,15,17-20H,4-9,11-14H2,1H3,(H,26,27,30)/t17-,18-,20-,24?/m0/s1. The van der Waals surface area contributed by atoms with E-state index in [0.29, 0.717) is 12.5 Å². The first-order chi connectivity index (χ1) is 15.0. The summed E-state index contributed by atoms with van der Waals surface area (Å²) in [6, 6.07) is 4.33. The second-order valence-corrected chi connectivity index (χ2v) is 11.3. The summed E-state index contributed by atoms with van der Waals surface area (Å²) in [7, 11) is 0. The van der Waals surface area contributed by atoms with Crippen LogP contribution in [0.3, 0.4) is 0 Å². The van der Waals surface area contributed by atoms with Crippen LogP contribution in [0.15, 0.2) is 29.5 Å². The number of rotatable bonds is 5. The molecule has 31 heavy (non-hydrogen) atoms. The lowest BCUT2D eigenvalue weighted by atomic mass is 9.84. The number of aliphatic imine (C=N–C) groups is 1. The van der Waals surface area contributed by atoms with Gasteiger partial charge < -0.3 is 10.2 Å². The summed E-state index contributed by atoms with van der Waals surface area (Å²) >= 11 is 1.64. The van der Waals surface area contributed by atoms with E-state index in [1.54, 1.807) is 18.0 Å². The Kier molecular flexibility index (Phi) is 5.80. The number of hydrogen-bond acceptors (Lipinski definition) is 5. The quantitative estimate of drug-likeness (QED) is 0.761. The number of aryl methyl sites for hydroxylation is 1. The zero-order valence-corrected chi connectivity index (χ0v) is 19.1. The fourth-order valence-electron chi connectivity index (χ4n) is 5.98. The highest BCUT2D eigenvalue weighted by Gasteiger charge is 2.50. The maximum atomic E-state index is 12.9. The van der Waals surface area contributed by atoms with Crippen LogP contribution in [0.25, 0.3) is 0 Å². The maximum absolute atomic E-state index is 12.9. The first-order valence-corrected chi connectivity index (χ1v) is 12.6. The van der Waals surface area contributed by atoms with E-state index < -0.39 is 4.75 Å². The molecule has 4 aliphatic rings. The van der Waals surface area contributed by atoms with E-state index >= 15 is 0 Å². The molecule has 2 bridgehead atoms. The van der Waals surface area contributed by atoms with Crippen molar-refractivity contribution in [1.82, 2.24) is 15.2 Å². The zero-order valence-electron chi connectivity index (χ0n) is 18.3. The summed E-state index contributed by atoms with van der Waals surface area (Å²) in [4.78, 5) is 36.6. The third-order valence-corrected chi connectivity index (χ3v) is 9.28. The number of aromatic nitrogens is 1. The van der Waals surface area contributed by atoms with Gasteiger partial charge in [0, 0.05) is 31.9 Å². The van der Waals surface area contributed by atoms with Gasteiger partial charge in [-0.2, -0.15) is 0 Å². The fourth-order valence-corrected chi connectivity index (χ4v) is 7.26. The van der Waals surface area contributed by atoms with Crippen molar-refractivity contribution in [3.63, 3.8) is 0 Å². The predicted molar refractivity (Wildman–Crippen MR) is 123 cm³/mol. The van der Waals surface area contributed by atoms with Gasteiger partial charge in [-0.15, -0.1) is 0 Å². The third-order valence-electron chi connectivity index (χ3n) is 7.94. The van der Waals surface area contributed by atoms with Gasteiger partial charge in [0.1, 0.15) is 4.75 Å². The van der Waals surface area contributed by atoms with Gasteiger partial charge in [0.25, 0.3) is 0 Å². The number of nitrogens with one attached hydrogen (secondary N) is 1. The highest BCUT2D eigenvalue weighted by molar-refractivity contribution is 8.16. The minimum Gasteiger partial charge on any atom is -0.343 e. The molecule has 4 atom stereocenters. The van der Waals surface area contributed by atoms with Crippen LogP contribution in [-0.4, -0.2) is 50.7 Å². The normalized spacial score (nSPS) is 34.5. The Bertz CT molecular complexity index is 868. The summed E-state index contributed by atoms with van der Waals surface area (Å²) in [5, 5.41) is 3.92. The highest BCUT2D eigenvalue weighted by atomic mass is 32.2. The smallest absolute Gasteiger partial charge is 0.242 e. The molecule has 3 heterocycles. The summed E-state index contributed by atoms with van der Waals surface area (Å²) < 4.78 is -0.471. The van der Waals surface area contributed by atoms with Crippen LogP contribution in [0.1, 0.15) is 57.4 Å². The van der Waals surface area contributed by atoms with Crippen molar-refractivity contribution in [3.05, 3.63) is 30.1 Å². The molecule has 1 aromatic rings. The second kappa shape index (κ2) is 8.57. The molecule has 0 spiro atoms. The van der Waals surface area contributed by atoms with Crippen LogP contribution >= 0.6 is 11.8 Å². The fraction of sp³-hybridized carbons (Fsp3) is 0.667. The third kappa shape index (κ3) is 4.26. The van der Waals surface area contributed by atoms with E-state index in [9.17, 15) is 9.59 Å². The van der Waals surface area contributed by atoms with Crippen molar-refractivity contribution < 1.29 is 9.59 Å². The summed E-state index contributed by atoms with van der Waals surface area (Å²) in [6.45, 7) is 3.54. The largest absolute Gasteiger partial charge is 0.343 e. The van der Waals surface area contributed by atoms with Crippen molar-refractivity contribution in [2.75, 3.05) is 13.1 Å². The Balaban J connectivity index is 1.14. The molecule has 2 amide bonds. The van der Waals surface area contributed by atoms with Crippen LogP contribution in [0, 0.1) is 17.8 Å². The number of amides is 2. The van der Waals surface area contributed by atoms with Crippen molar-refractivity contribution in [2.45, 2.75) is 69.1 Å². The number of piperidine rings is 1. The number of amidine groups is 1. The monoisotopic (exact) mass is 440 g/mol. The number of fused-ring (bicyclic) bond motifs is 2. The minimum atomic E-state index is -0.471. The SMILES string of the molecule is CC1(C2CCN(C(=O)CCc3cccnc3)CC2)SC(=N[C@H]2C[C@H]3CC[C@H]2C3)NC1=O. The molecule has 4 fully saturated rings. The first-order valence-electron chi connectivity index (χ1n) is 11.8. The van der Waals surface area contributed by atoms with E-state index in [1.165, 1.54) is 25.7 Å². The molecule has 2 aliphatic carbocycles. The van der Waals surface area contributed by atoms with Gasteiger partial charge in [-0.3, -0.25) is 19.6 Å². The molecule has 1 aromatic heterocycles. The van der Waals surface area contributed by atoms with E-state index in [1.807, 2.05) is 23.2 Å². The average Bonchev–Trinajstić information content (AvgIpc) is 3.48. The minimum absolute atomic E-state index is 0.0979. The number of hydrogen-bond donors (Lipinski definition) is 1. The van der Waals surface area contributed by atoms with Gasteiger partial charge >= 0.3 is 0 Å². The molecule has 1 N–H and O–H groups in total. The van der Waals surface area contributed by atoms with Crippen molar-refractivity contribution in [1.29, 1.82) is 0 Å². The number of carbonyl (C=O) groups excluding carboxylic acids is 2. The number of carbonyl (C=O) groups is 2. The number of nitrogens with zero attached hydrogens (tertiary/aromatic N) is 3. The first kappa shape index (κ1) is 21.0. The molecule has 0 aromatic carbocycles. The summed E-state index contributed by atoms with van der Waals surface area (Å²) in [5.41, 5.74) is 1.10. The highest BCUT2D eigenvalue weighted by Crippen LogP contribution is 2.48. The Morgan fingerprint density at radius 2 is 2.13 bits per heavy atom. The lowest BCUT2D eigenvalue weighted by Crippen LogP contribution is -2.47. The molecular weight excluding hydrogens is 408 g/mol. The van der Waals surface area contributed by atoms with Crippen molar-refractivity contribution >= 4 is 28.7 Å². The molecule has 166 valence electrons. The zero-order chi connectivity index (χ0) is 21.4. The lowest BCUT2D eigenvalue weighted by Gasteiger charge is -2.38. The summed E-state index contributed by atoms with van der Waals surface area (Å²) in [5.74, 6) is 2.15. The van der Waals surface area contributed by atoms with Crippen molar-refractivity contribution in [3.8, 4) is 0 Å². The molecule has 2 saturated carbocycles. The number of likely N-dealkylation sites (tertiary alicyclic amines) is 1. The maximum Gasteiger partial charge on any atom is 0.242 e. The number of thioether (sulfide) groups is 1. The van der Waals surface area contributed by atoms with Gasteiger partial charge in [0.2, 0.25) is 11.8 Å². The Labute approximate surface area is 188 Å². The predicted octanol–water partition coefficient (Wildman–Crippen LogP) is 3.42. The van der Waals surface area contributed by atoms with Gasteiger partial charge in [-0.25, -0.2) is 0 Å². The van der Waals surface area contributed by atoms with E-state index in [4.69, 9.17) is 4.99 Å². The molecular formula is C24H32N4O2S. The van der Waals surface area contributed by atoms with Gasteiger partial charge in [0.15, 0.2) is 5.17 Å². The molecule has 1 unspecified atom stereocenters. The van der Waals surface area contributed by atoms with Crippen LogP contribution in [0.4, 0.5) is 0 Å². The molecule has 5 rings (SSSR count). The van der Waals surface area contributed by atoms with Crippen LogP contribution in [-0.2, 0) is 16.0 Å². The second-order valence-electron chi connectivity index (χ2n) is 9.86. The Morgan fingerprint density at radius 3 is 2.81 bits per heavy atom. The molecule has 2 aliphatic heterocycles. The van der Waals surface area contributed by atoms with E-state index in [-0.39, 0.29) is 17.7 Å². The van der Waals surface area contributed by atoms with Gasteiger partial charge in [0.05, 0.1) is 6.04 Å².